The van der Waals surface area contributed by atoms with Gasteiger partial charge in [0.2, 0.25) is 12.2 Å². The highest BCUT2D eigenvalue weighted by Gasteiger charge is 2.52. The number of hydrogen-bond acceptors (Lipinski definition) is 9. The molecule has 1 aromatic carbocycles. The Morgan fingerprint density at radius 3 is 2.39 bits per heavy atom. The second-order valence-electron chi connectivity index (χ2n) is 9.37. The molecular weight excluding hydrogens is 537 g/mol. The molecule has 12 heteroatoms. The van der Waals surface area contributed by atoms with Gasteiger partial charge < -0.3 is 28.4 Å². The quantitative estimate of drug-likeness (QED) is 0.218. The van der Waals surface area contributed by atoms with Crippen molar-refractivity contribution in [2.45, 2.75) is 68.8 Å². The van der Waals surface area contributed by atoms with Crippen LogP contribution in [0.15, 0.2) is 30.3 Å². The Kier molecular flexibility index (Phi) is 9.52. The maximum Gasteiger partial charge on any atom is 0.312 e. The third kappa shape index (κ3) is 7.24. The van der Waals surface area contributed by atoms with E-state index in [0.29, 0.717) is 0 Å². The number of rotatable bonds is 7. The van der Waals surface area contributed by atoms with Gasteiger partial charge in [-0.05, 0) is 20.3 Å². The molecule has 2 saturated heterocycles. The highest BCUT2D eigenvalue weighted by atomic mass is 35.6. The summed E-state index contributed by atoms with van der Waals surface area (Å²) in [7, 11) is 0. The molecule has 2 fully saturated rings. The lowest BCUT2D eigenvalue weighted by Gasteiger charge is -2.48. The molecule has 3 unspecified atom stereocenters. The fourth-order valence-electron chi connectivity index (χ4n) is 3.87. The van der Waals surface area contributed by atoms with E-state index in [2.05, 4.69) is 0 Å². The van der Waals surface area contributed by atoms with Gasteiger partial charge in [-0.3, -0.25) is 15.0 Å². The molecule has 9 nitrogen and oxygen atoms in total. The van der Waals surface area contributed by atoms with Crippen LogP contribution in [0, 0.1) is 16.7 Å². The third-order valence-electron chi connectivity index (χ3n) is 6.06. The number of hydrogen-bond donors (Lipinski definition) is 1. The molecule has 0 radical (unpaired) electrons. The summed E-state index contributed by atoms with van der Waals surface area (Å²) in [6.07, 6.45) is -3.76. The van der Waals surface area contributed by atoms with Gasteiger partial charge in [0.1, 0.15) is 6.10 Å². The smallest absolute Gasteiger partial charge is 0.312 e. The Morgan fingerprint density at radius 2 is 1.78 bits per heavy atom. The zero-order chi connectivity index (χ0) is 26.7. The predicted molar refractivity (Wildman–Crippen MR) is 132 cm³/mol. The highest BCUT2D eigenvalue weighted by molar-refractivity contribution is 6.76. The number of ether oxygens (including phenoxy) is 6. The summed E-state index contributed by atoms with van der Waals surface area (Å²) < 4.78 is 32.3. The molecule has 0 aliphatic carbocycles. The lowest BCUT2D eigenvalue weighted by Crippen LogP contribution is -2.60. The Morgan fingerprint density at radius 1 is 1.11 bits per heavy atom. The van der Waals surface area contributed by atoms with Gasteiger partial charge in [0.15, 0.2) is 12.4 Å². The van der Waals surface area contributed by atoms with Gasteiger partial charge in [-0.15, -0.1) is 0 Å². The van der Waals surface area contributed by atoms with Crippen molar-refractivity contribution in [3.63, 3.8) is 0 Å². The van der Waals surface area contributed by atoms with Crippen LogP contribution >= 0.6 is 34.8 Å². The van der Waals surface area contributed by atoms with Crippen LogP contribution < -0.4 is 0 Å². The van der Waals surface area contributed by atoms with Gasteiger partial charge in [-0.2, -0.15) is 0 Å². The Labute approximate surface area is 225 Å². The second-order valence-corrected chi connectivity index (χ2v) is 11.6. The Hall–Kier alpha value is -1.62. The fraction of sp³-hybridized carbons (Fsp3) is 0.625. The van der Waals surface area contributed by atoms with Crippen molar-refractivity contribution in [3.8, 4) is 0 Å². The first-order valence-corrected chi connectivity index (χ1v) is 12.6. The van der Waals surface area contributed by atoms with Crippen LogP contribution in [-0.4, -0.2) is 59.4 Å². The number of benzene rings is 1. The summed E-state index contributed by atoms with van der Waals surface area (Å²) in [5.41, 5.74) is -0.165. The maximum atomic E-state index is 13.2. The molecule has 0 aromatic heterocycles. The molecule has 0 amide bonds. The zero-order valence-corrected chi connectivity index (χ0v) is 22.6. The SMILES string of the molecule is CC(=O)OCCC(C)(C)C(=O)OC1[C@H](OC(=N)C(Cl)(Cl)Cl)OC2COC(c3ccccc3)O[C@@H]2[C@@H]1C. The molecule has 2 aliphatic heterocycles. The van der Waals surface area contributed by atoms with E-state index in [1.54, 1.807) is 13.8 Å². The molecule has 2 aliphatic rings. The summed E-state index contributed by atoms with van der Waals surface area (Å²) >= 11 is 17.4. The number of halogens is 3. The van der Waals surface area contributed by atoms with Crippen molar-refractivity contribution >= 4 is 52.6 Å². The number of fused-ring (bicyclic) bond motifs is 1. The summed E-state index contributed by atoms with van der Waals surface area (Å²) in [4.78, 5) is 24.3. The number of nitrogens with one attached hydrogen (secondary N) is 1. The highest BCUT2D eigenvalue weighted by Crippen LogP contribution is 2.40. The van der Waals surface area contributed by atoms with E-state index in [1.807, 2.05) is 37.3 Å². The normalized spacial score (nSPS) is 28.5. The molecule has 3 rings (SSSR count). The van der Waals surface area contributed by atoms with E-state index in [0.717, 1.165) is 5.56 Å². The minimum absolute atomic E-state index is 0.0515. The first kappa shape index (κ1) is 28.9. The molecule has 36 heavy (non-hydrogen) atoms. The van der Waals surface area contributed by atoms with Crippen LogP contribution in [-0.2, 0) is 38.0 Å². The lowest BCUT2D eigenvalue weighted by atomic mass is 9.87. The average Bonchev–Trinajstić information content (AvgIpc) is 2.80. The number of carbonyl (C=O) groups is 2. The van der Waals surface area contributed by atoms with Gasteiger partial charge in [0, 0.05) is 18.4 Å². The van der Waals surface area contributed by atoms with E-state index in [4.69, 9.17) is 68.6 Å². The number of esters is 2. The van der Waals surface area contributed by atoms with Crippen LogP contribution in [0.3, 0.4) is 0 Å². The van der Waals surface area contributed by atoms with Crippen LogP contribution in [0.5, 0.6) is 0 Å². The fourth-order valence-corrected chi connectivity index (χ4v) is 4.00. The standard InChI is InChI=1S/C24H30Cl3NO8/c1-13-17-16(12-32-19(34-17)15-8-6-5-7-9-15)33-20(36-21(28)24(25,26)27)18(13)35-22(30)23(3,4)10-11-31-14(2)29/h5-9,13,16-20,28H,10-12H2,1-4H3/t13-,16?,17+,18?,19?,20-/m0/s1. The van der Waals surface area contributed by atoms with Crippen molar-refractivity contribution in [1.29, 1.82) is 5.41 Å². The largest absolute Gasteiger partial charge is 0.466 e. The van der Waals surface area contributed by atoms with Crippen LogP contribution in [0.2, 0.25) is 0 Å². The molecule has 0 bridgehead atoms. The van der Waals surface area contributed by atoms with Crippen LogP contribution in [0.4, 0.5) is 0 Å². The van der Waals surface area contributed by atoms with Crippen LogP contribution in [0.25, 0.3) is 0 Å². The van der Waals surface area contributed by atoms with Crippen molar-refractivity contribution in [3.05, 3.63) is 35.9 Å². The van der Waals surface area contributed by atoms with E-state index < -0.39 is 63.9 Å². The molecule has 2 heterocycles. The molecule has 0 spiro atoms. The van der Waals surface area contributed by atoms with Crippen molar-refractivity contribution < 1.29 is 38.0 Å². The molecule has 6 atom stereocenters. The zero-order valence-electron chi connectivity index (χ0n) is 20.4. The molecule has 200 valence electrons. The molecule has 1 aromatic rings. The molecule has 0 saturated carbocycles. The van der Waals surface area contributed by atoms with Crippen molar-refractivity contribution in [2.24, 2.45) is 11.3 Å². The summed E-state index contributed by atoms with van der Waals surface area (Å²) in [6.45, 7) is 6.69. The first-order chi connectivity index (χ1) is 16.8. The first-order valence-electron chi connectivity index (χ1n) is 11.4. The summed E-state index contributed by atoms with van der Waals surface area (Å²) in [6, 6.07) is 9.42. The summed E-state index contributed by atoms with van der Waals surface area (Å²) in [5.74, 6) is -2.14. The van der Waals surface area contributed by atoms with Crippen molar-refractivity contribution in [1.82, 2.24) is 0 Å². The van der Waals surface area contributed by atoms with Gasteiger partial charge in [-0.25, -0.2) is 0 Å². The second kappa shape index (κ2) is 11.8. The van der Waals surface area contributed by atoms with Crippen LogP contribution in [0.1, 0.15) is 46.0 Å². The molecule has 1 N–H and O–H groups in total. The molecular formula is C24H30Cl3NO8. The van der Waals surface area contributed by atoms with E-state index in [-0.39, 0.29) is 19.6 Å². The van der Waals surface area contributed by atoms with Gasteiger partial charge in [0.05, 0.1) is 24.7 Å². The average molecular weight is 567 g/mol. The maximum absolute atomic E-state index is 13.2. The number of carbonyl (C=O) groups excluding carboxylic acids is 2. The Bertz CT molecular complexity index is 939. The third-order valence-corrected chi connectivity index (χ3v) is 6.58. The van der Waals surface area contributed by atoms with E-state index in [9.17, 15) is 9.59 Å². The monoisotopic (exact) mass is 565 g/mol. The predicted octanol–water partition coefficient (Wildman–Crippen LogP) is 4.72. The number of alkyl halides is 3. The van der Waals surface area contributed by atoms with Gasteiger partial charge >= 0.3 is 11.9 Å². The Balaban J connectivity index is 1.79. The van der Waals surface area contributed by atoms with E-state index >= 15 is 0 Å². The van der Waals surface area contributed by atoms with Gasteiger partial charge in [-0.1, -0.05) is 72.1 Å². The lowest BCUT2D eigenvalue weighted by molar-refractivity contribution is -0.343. The van der Waals surface area contributed by atoms with Crippen molar-refractivity contribution in [2.75, 3.05) is 13.2 Å². The topological polar surface area (TPSA) is 113 Å². The minimum Gasteiger partial charge on any atom is -0.466 e. The van der Waals surface area contributed by atoms with E-state index in [1.165, 1.54) is 6.92 Å². The summed E-state index contributed by atoms with van der Waals surface area (Å²) in [5, 5.41) is 8.00. The minimum atomic E-state index is -2.14. The van der Waals surface area contributed by atoms with Gasteiger partial charge in [0.25, 0.3) is 3.79 Å².